The van der Waals surface area contributed by atoms with E-state index in [1.807, 2.05) is 19.9 Å². The molecule has 98 valence electrons. The van der Waals surface area contributed by atoms with Crippen molar-refractivity contribution in [1.29, 1.82) is 0 Å². The number of ether oxygens (including phenoxy) is 1. The monoisotopic (exact) mass is 249 g/mol. The molecular weight excluding hydrogens is 230 g/mol. The molecule has 0 spiro atoms. The zero-order valence-electron chi connectivity index (χ0n) is 10.8. The summed E-state index contributed by atoms with van der Waals surface area (Å²) >= 11 is 0. The smallest absolute Gasteiger partial charge is 0.244 e. The second-order valence-corrected chi connectivity index (χ2v) is 4.81. The molecule has 5 heteroatoms. The highest BCUT2D eigenvalue weighted by atomic mass is 16.5. The van der Waals surface area contributed by atoms with Gasteiger partial charge in [0, 0.05) is 19.4 Å². The van der Waals surface area contributed by atoms with Crippen molar-refractivity contribution in [3.8, 4) is 0 Å². The SMILES string of the molecule is Cc1ccnc(C)c1NC(=O)C1(N)CCOCC1. The number of amides is 1. The quantitative estimate of drug-likeness (QED) is 0.824. The van der Waals surface area contributed by atoms with Crippen molar-refractivity contribution in [2.24, 2.45) is 5.73 Å². The summed E-state index contributed by atoms with van der Waals surface area (Å²) in [5, 5.41) is 2.91. The Balaban J connectivity index is 2.16. The maximum Gasteiger partial charge on any atom is 0.244 e. The van der Waals surface area contributed by atoms with E-state index >= 15 is 0 Å². The molecule has 1 aromatic rings. The number of nitrogens with zero attached hydrogens (tertiary/aromatic N) is 1. The van der Waals surface area contributed by atoms with Crippen molar-refractivity contribution in [1.82, 2.24) is 4.98 Å². The van der Waals surface area contributed by atoms with Gasteiger partial charge in [0.1, 0.15) is 5.54 Å². The van der Waals surface area contributed by atoms with E-state index in [0.717, 1.165) is 16.9 Å². The third-order valence-corrected chi connectivity index (χ3v) is 3.42. The molecule has 1 fully saturated rings. The fraction of sp³-hybridized carbons (Fsp3) is 0.538. The first-order valence-corrected chi connectivity index (χ1v) is 6.13. The van der Waals surface area contributed by atoms with Crippen LogP contribution >= 0.6 is 0 Å². The number of aryl methyl sites for hydroxylation is 2. The average molecular weight is 249 g/mol. The minimum atomic E-state index is -0.826. The van der Waals surface area contributed by atoms with Crippen LogP contribution in [0.15, 0.2) is 12.3 Å². The van der Waals surface area contributed by atoms with Gasteiger partial charge in [0.2, 0.25) is 5.91 Å². The van der Waals surface area contributed by atoms with Gasteiger partial charge in [0.15, 0.2) is 0 Å². The van der Waals surface area contributed by atoms with Crippen molar-refractivity contribution < 1.29 is 9.53 Å². The van der Waals surface area contributed by atoms with Crippen LogP contribution in [0.25, 0.3) is 0 Å². The summed E-state index contributed by atoms with van der Waals surface area (Å²) in [7, 11) is 0. The van der Waals surface area contributed by atoms with Gasteiger partial charge in [-0.1, -0.05) is 0 Å². The minimum Gasteiger partial charge on any atom is -0.381 e. The van der Waals surface area contributed by atoms with Gasteiger partial charge in [-0.15, -0.1) is 0 Å². The molecule has 1 aliphatic heterocycles. The lowest BCUT2D eigenvalue weighted by atomic mass is 9.90. The summed E-state index contributed by atoms with van der Waals surface area (Å²) in [4.78, 5) is 16.5. The standard InChI is InChI=1S/C13H19N3O2/c1-9-3-6-15-10(2)11(9)16-12(17)13(14)4-7-18-8-5-13/h3,6H,4-5,7-8,14H2,1-2H3,(H,16,17). The predicted octanol–water partition coefficient (Wildman–Crippen LogP) is 1.14. The topological polar surface area (TPSA) is 77.2 Å². The molecule has 0 saturated carbocycles. The van der Waals surface area contributed by atoms with E-state index in [9.17, 15) is 4.79 Å². The highest BCUT2D eigenvalue weighted by Crippen LogP contribution is 2.23. The Hall–Kier alpha value is -1.46. The lowest BCUT2D eigenvalue weighted by Crippen LogP contribution is -2.54. The van der Waals surface area contributed by atoms with Crippen molar-refractivity contribution in [3.05, 3.63) is 23.5 Å². The first-order chi connectivity index (χ1) is 8.53. The van der Waals surface area contributed by atoms with Crippen LogP contribution in [0.5, 0.6) is 0 Å². The van der Waals surface area contributed by atoms with Crippen molar-refractivity contribution in [3.63, 3.8) is 0 Å². The first kappa shape index (κ1) is 13.0. The highest BCUT2D eigenvalue weighted by molar-refractivity contribution is 5.98. The molecule has 2 heterocycles. The molecule has 0 radical (unpaired) electrons. The second kappa shape index (κ2) is 5.04. The summed E-state index contributed by atoms with van der Waals surface area (Å²) in [6.45, 7) is 4.89. The number of nitrogens with one attached hydrogen (secondary N) is 1. The van der Waals surface area contributed by atoms with Gasteiger partial charge in [-0.3, -0.25) is 9.78 Å². The van der Waals surface area contributed by atoms with E-state index in [1.165, 1.54) is 0 Å². The number of pyridine rings is 1. The fourth-order valence-corrected chi connectivity index (χ4v) is 2.08. The molecule has 0 aromatic carbocycles. The number of rotatable bonds is 2. The summed E-state index contributed by atoms with van der Waals surface area (Å²) < 4.78 is 5.24. The van der Waals surface area contributed by atoms with Crippen LogP contribution < -0.4 is 11.1 Å². The van der Waals surface area contributed by atoms with Gasteiger partial charge in [0.25, 0.3) is 0 Å². The van der Waals surface area contributed by atoms with Crippen LogP contribution in [0, 0.1) is 13.8 Å². The third-order valence-electron chi connectivity index (χ3n) is 3.42. The Labute approximate surface area is 107 Å². The number of nitrogens with two attached hydrogens (primary N) is 1. The molecule has 1 saturated heterocycles. The summed E-state index contributed by atoms with van der Waals surface area (Å²) in [6.07, 6.45) is 2.83. The summed E-state index contributed by atoms with van der Waals surface area (Å²) in [5.74, 6) is -0.148. The first-order valence-electron chi connectivity index (χ1n) is 6.13. The molecule has 0 bridgehead atoms. The number of hydrogen-bond acceptors (Lipinski definition) is 4. The maximum absolute atomic E-state index is 12.3. The summed E-state index contributed by atoms with van der Waals surface area (Å²) in [6, 6.07) is 1.87. The van der Waals surface area contributed by atoms with Crippen LogP contribution in [-0.2, 0) is 9.53 Å². The van der Waals surface area contributed by atoms with E-state index in [1.54, 1.807) is 6.20 Å². The molecule has 0 atom stereocenters. The maximum atomic E-state index is 12.3. The third kappa shape index (κ3) is 2.52. The molecule has 2 rings (SSSR count). The molecule has 5 nitrogen and oxygen atoms in total. The van der Waals surface area contributed by atoms with Gasteiger partial charge < -0.3 is 15.8 Å². The minimum absolute atomic E-state index is 0.148. The Kier molecular flexibility index (Phi) is 3.63. The Bertz CT molecular complexity index is 433. The van der Waals surface area contributed by atoms with Gasteiger partial charge >= 0.3 is 0 Å². The van der Waals surface area contributed by atoms with Crippen molar-refractivity contribution in [2.75, 3.05) is 18.5 Å². The number of carbonyl (C=O) groups is 1. The molecule has 18 heavy (non-hydrogen) atoms. The molecule has 1 aliphatic rings. The Morgan fingerprint density at radius 3 is 2.72 bits per heavy atom. The molecule has 3 N–H and O–H groups in total. The van der Waals surface area contributed by atoms with Crippen LogP contribution in [-0.4, -0.2) is 29.6 Å². The molecule has 1 amide bonds. The van der Waals surface area contributed by atoms with Crippen molar-refractivity contribution in [2.45, 2.75) is 32.2 Å². The number of carbonyl (C=O) groups excluding carboxylic acids is 1. The fourth-order valence-electron chi connectivity index (χ4n) is 2.08. The Morgan fingerprint density at radius 2 is 2.11 bits per heavy atom. The van der Waals surface area contributed by atoms with Crippen LogP contribution in [0.4, 0.5) is 5.69 Å². The van der Waals surface area contributed by atoms with Crippen LogP contribution in [0.1, 0.15) is 24.1 Å². The number of aromatic nitrogens is 1. The van der Waals surface area contributed by atoms with E-state index < -0.39 is 5.54 Å². The zero-order chi connectivity index (χ0) is 13.2. The average Bonchev–Trinajstić information content (AvgIpc) is 2.34. The Morgan fingerprint density at radius 1 is 1.44 bits per heavy atom. The molecular formula is C13H19N3O2. The van der Waals surface area contributed by atoms with Gasteiger partial charge in [-0.25, -0.2) is 0 Å². The lowest BCUT2D eigenvalue weighted by molar-refractivity contribution is -0.124. The molecule has 0 aliphatic carbocycles. The van der Waals surface area contributed by atoms with E-state index in [4.69, 9.17) is 10.5 Å². The number of anilines is 1. The van der Waals surface area contributed by atoms with E-state index in [2.05, 4.69) is 10.3 Å². The van der Waals surface area contributed by atoms with Gasteiger partial charge in [-0.05, 0) is 38.3 Å². The number of hydrogen-bond donors (Lipinski definition) is 2. The molecule has 1 aromatic heterocycles. The van der Waals surface area contributed by atoms with Gasteiger partial charge in [0.05, 0.1) is 11.4 Å². The summed E-state index contributed by atoms with van der Waals surface area (Å²) in [5.41, 5.74) is 7.87. The molecule has 0 unspecified atom stereocenters. The van der Waals surface area contributed by atoms with Crippen LogP contribution in [0.2, 0.25) is 0 Å². The van der Waals surface area contributed by atoms with E-state index in [0.29, 0.717) is 26.1 Å². The van der Waals surface area contributed by atoms with Gasteiger partial charge in [-0.2, -0.15) is 0 Å². The van der Waals surface area contributed by atoms with E-state index in [-0.39, 0.29) is 5.91 Å². The van der Waals surface area contributed by atoms with Crippen LogP contribution in [0.3, 0.4) is 0 Å². The normalized spacial score (nSPS) is 18.4. The highest BCUT2D eigenvalue weighted by Gasteiger charge is 2.36. The second-order valence-electron chi connectivity index (χ2n) is 4.81. The predicted molar refractivity (Wildman–Crippen MR) is 69.3 cm³/mol. The van der Waals surface area contributed by atoms with Crippen molar-refractivity contribution >= 4 is 11.6 Å². The largest absolute Gasteiger partial charge is 0.381 e. The lowest BCUT2D eigenvalue weighted by Gasteiger charge is -2.32. The zero-order valence-corrected chi connectivity index (χ0v) is 10.8.